The van der Waals surface area contributed by atoms with Gasteiger partial charge in [0.05, 0.1) is 18.8 Å². The molecule has 2 atom stereocenters. The third kappa shape index (κ3) is 3.82. The van der Waals surface area contributed by atoms with Crippen molar-refractivity contribution in [1.82, 2.24) is 14.4 Å². The van der Waals surface area contributed by atoms with E-state index in [-0.39, 0.29) is 23.7 Å². The number of likely N-dealkylation sites (tertiary alicyclic amines) is 1. The summed E-state index contributed by atoms with van der Waals surface area (Å²) >= 11 is 0. The number of amides is 1. The van der Waals surface area contributed by atoms with Gasteiger partial charge in [-0.25, -0.2) is 0 Å². The molecule has 2 aromatic rings. The number of rotatable bonds is 5. The van der Waals surface area contributed by atoms with Crippen molar-refractivity contribution < 1.29 is 18.3 Å². The van der Waals surface area contributed by atoms with Crippen LogP contribution in [-0.2, 0) is 4.74 Å². The Balaban J connectivity index is 1.65. The molecule has 0 N–H and O–H groups in total. The number of halogens is 2. The summed E-state index contributed by atoms with van der Waals surface area (Å²) < 4.78 is 33.5. The number of morpholine rings is 1. The Morgan fingerprint density at radius 2 is 1.82 bits per heavy atom. The number of alkyl halides is 2. The number of nitrogens with zero attached hydrogens (tertiary/aromatic N) is 3. The minimum Gasteiger partial charge on any atom is -0.373 e. The molecule has 2 aliphatic rings. The number of aromatic nitrogens is 1. The lowest BCUT2D eigenvalue weighted by molar-refractivity contribution is -0.0713. The zero-order valence-electron chi connectivity index (χ0n) is 15.7. The van der Waals surface area contributed by atoms with E-state index in [1.807, 2.05) is 30.3 Å². The second kappa shape index (κ2) is 8.41. The van der Waals surface area contributed by atoms with Gasteiger partial charge in [-0.05, 0) is 43.6 Å². The highest BCUT2D eigenvalue weighted by molar-refractivity contribution is 5.93. The molecule has 0 saturated carbocycles. The molecule has 1 aromatic heterocycles. The average molecular weight is 389 g/mol. The highest BCUT2D eigenvalue weighted by Gasteiger charge is 2.38. The van der Waals surface area contributed by atoms with Gasteiger partial charge in [0.25, 0.3) is 5.91 Å². The first-order chi connectivity index (χ1) is 13.6. The van der Waals surface area contributed by atoms with E-state index in [0.29, 0.717) is 13.2 Å². The number of carbonyl (C=O) groups excluding carboxylic acids is 1. The van der Waals surface area contributed by atoms with E-state index in [0.717, 1.165) is 29.8 Å². The van der Waals surface area contributed by atoms with Gasteiger partial charge < -0.3 is 14.5 Å². The molecule has 150 valence electrons. The van der Waals surface area contributed by atoms with E-state index in [1.165, 1.54) is 31.2 Å². The molecule has 2 aliphatic heterocycles. The molecule has 5 nitrogen and oxygen atoms in total. The van der Waals surface area contributed by atoms with E-state index in [2.05, 4.69) is 4.90 Å². The molecule has 0 radical (unpaired) electrons. The first kappa shape index (κ1) is 19.1. The van der Waals surface area contributed by atoms with E-state index in [1.54, 1.807) is 4.90 Å². The quantitative estimate of drug-likeness (QED) is 0.785. The third-order valence-electron chi connectivity index (χ3n) is 5.60. The fraction of sp³-hybridized carbons (Fsp3) is 0.476. The predicted molar refractivity (Wildman–Crippen MR) is 101 cm³/mol. The maximum Gasteiger partial charge on any atom is 0.319 e. The van der Waals surface area contributed by atoms with Crippen LogP contribution in [0.4, 0.5) is 8.78 Å². The number of hydrogen-bond donors (Lipinski definition) is 0. The lowest BCUT2D eigenvalue weighted by atomic mass is 9.97. The van der Waals surface area contributed by atoms with Gasteiger partial charge in [-0.1, -0.05) is 30.3 Å². The van der Waals surface area contributed by atoms with Gasteiger partial charge in [-0.15, -0.1) is 0 Å². The lowest BCUT2D eigenvalue weighted by Crippen LogP contribution is -2.51. The predicted octanol–water partition coefficient (Wildman–Crippen LogP) is 3.56. The molecular formula is C21H25F2N3O2. The van der Waals surface area contributed by atoms with Crippen LogP contribution >= 0.6 is 0 Å². The van der Waals surface area contributed by atoms with Gasteiger partial charge >= 0.3 is 6.55 Å². The van der Waals surface area contributed by atoms with Crippen LogP contribution in [-0.4, -0.2) is 59.2 Å². The van der Waals surface area contributed by atoms with Crippen molar-refractivity contribution in [3.8, 4) is 0 Å². The smallest absolute Gasteiger partial charge is 0.319 e. The Labute approximate surface area is 163 Å². The number of hydrogen-bond acceptors (Lipinski definition) is 3. The van der Waals surface area contributed by atoms with Crippen LogP contribution in [0.2, 0.25) is 0 Å². The van der Waals surface area contributed by atoms with Crippen LogP contribution in [0.1, 0.15) is 41.5 Å². The molecule has 1 amide bonds. The Morgan fingerprint density at radius 3 is 2.54 bits per heavy atom. The van der Waals surface area contributed by atoms with Gasteiger partial charge in [0.1, 0.15) is 5.69 Å². The summed E-state index contributed by atoms with van der Waals surface area (Å²) in [5, 5.41) is 0. The largest absolute Gasteiger partial charge is 0.373 e. The second-order valence-corrected chi connectivity index (χ2v) is 7.35. The Morgan fingerprint density at radius 1 is 1.07 bits per heavy atom. The van der Waals surface area contributed by atoms with Crippen LogP contribution in [0, 0.1) is 0 Å². The zero-order valence-corrected chi connectivity index (χ0v) is 15.7. The van der Waals surface area contributed by atoms with E-state index < -0.39 is 6.55 Å². The molecule has 0 spiro atoms. The van der Waals surface area contributed by atoms with Crippen molar-refractivity contribution in [3.63, 3.8) is 0 Å². The van der Waals surface area contributed by atoms with Gasteiger partial charge in [0.15, 0.2) is 0 Å². The summed E-state index contributed by atoms with van der Waals surface area (Å²) in [6.45, 7) is 0.837. The monoisotopic (exact) mass is 389 g/mol. The SMILES string of the molecule is O=C(c1cccn1C(F)F)N1CCO[C@@H](CN2CCCC2)[C@@H]1c1ccccc1. The number of ether oxygens (including phenoxy) is 1. The average Bonchev–Trinajstić information content (AvgIpc) is 3.40. The van der Waals surface area contributed by atoms with E-state index in [4.69, 9.17) is 4.74 Å². The first-order valence-electron chi connectivity index (χ1n) is 9.80. The normalized spacial score (nSPS) is 23.5. The molecule has 7 heteroatoms. The highest BCUT2D eigenvalue weighted by atomic mass is 19.3. The van der Waals surface area contributed by atoms with Crippen molar-refractivity contribution in [1.29, 1.82) is 0 Å². The summed E-state index contributed by atoms with van der Waals surface area (Å²) in [6.07, 6.45) is 3.41. The topological polar surface area (TPSA) is 37.7 Å². The van der Waals surface area contributed by atoms with Gasteiger partial charge in [-0.3, -0.25) is 9.36 Å². The van der Waals surface area contributed by atoms with Crippen molar-refractivity contribution >= 4 is 5.91 Å². The molecule has 2 fully saturated rings. The van der Waals surface area contributed by atoms with Crippen LogP contribution < -0.4 is 0 Å². The number of carbonyl (C=O) groups is 1. The fourth-order valence-electron chi connectivity index (χ4n) is 4.27. The lowest BCUT2D eigenvalue weighted by Gasteiger charge is -2.42. The molecule has 0 unspecified atom stereocenters. The van der Waals surface area contributed by atoms with Crippen LogP contribution in [0.3, 0.4) is 0 Å². The Hall–Kier alpha value is -2.25. The molecule has 28 heavy (non-hydrogen) atoms. The van der Waals surface area contributed by atoms with Crippen molar-refractivity contribution in [2.24, 2.45) is 0 Å². The molecule has 2 saturated heterocycles. The molecule has 1 aromatic carbocycles. The van der Waals surface area contributed by atoms with Gasteiger partial charge in [0.2, 0.25) is 0 Å². The summed E-state index contributed by atoms with van der Waals surface area (Å²) in [7, 11) is 0. The summed E-state index contributed by atoms with van der Waals surface area (Å²) in [6, 6.07) is 12.4. The van der Waals surface area contributed by atoms with Gasteiger partial charge in [-0.2, -0.15) is 8.78 Å². The molecular weight excluding hydrogens is 364 g/mol. The van der Waals surface area contributed by atoms with Crippen molar-refractivity contribution in [2.75, 3.05) is 32.8 Å². The van der Waals surface area contributed by atoms with Crippen LogP contribution in [0.15, 0.2) is 48.7 Å². The Kier molecular flexibility index (Phi) is 5.73. The summed E-state index contributed by atoms with van der Waals surface area (Å²) in [4.78, 5) is 17.3. The highest BCUT2D eigenvalue weighted by Crippen LogP contribution is 2.32. The fourth-order valence-corrected chi connectivity index (χ4v) is 4.27. The van der Waals surface area contributed by atoms with Gasteiger partial charge in [0, 0.05) is 19.3 Å². The summed E-state index contributed by atoms with van der Waals surface area (Å²) in [5.74, 6) is -0.381. The maximum atomic E-state index is 13.3. The molecule has 0 aliphatic carbocycles. The molecule has 4 rings (SSSR count). The third-order valence-corrected chi connectivity index (χ3v) is 5.60. The first-order valence-corrected chi connectivity index (χ1v) is 9.80. The van der Waals surface area contributed by atoms with Crippen molar-refractivity contribution in [3.05, 3.63) is 59.9 Å². The van der Waals surface area contributed by atoms with Crippen LogP contribution in [0.5, 0.6) is 0 Å². The van der Waals surface area contributed by atoms with E-state index >= 15 is 0 Å². The zero-order chi connectivity index (χ0) is 19.5. The standard InChI is InChI=1S/C21H25F2N3O2/c22-21(23)25-12-6-9-17(25)20(27)26-13-14-28-18(15-24-10-4-5-11-24)19(26)16-7-2-1-3-8-16/h1-3,6-9,12,18-19,21H,4-5,10-11,13-15H2/t18-,19-/m0/s1. The number of benzene rings is 1. The molecule has 0 bridgehead atoms. The Bertz CT molecular complexity index is 790. The van der Waals surface area contributed by atoms with Crippen molar-refractivity contribution in [2.45, 2.75) is 31.5 Å². The minimum absolute atomic E-state index is 0.0118. The van der Waals surface area contributed by atoms with E-state index in [9.17, 15) is 13.6 Å². The summed E-state index contributed by atoms with van der Waals surface area (Å²) in [5.41, 5.74) is 0.979. The second-order valence-electron chi connectivity index (χ2n) is 7.35. The maximum absolute atomic E-state index is 13.3. The minimum atomic E-state index is -2.74. The molecule has 3 heterocycles. The van der Waals surface area contributed by atoms with Crippen LogP contribution in [0.25, 0.3) is 0 Å².